The Morgan fingerprint density at radius 2 is 1.80 bits per heavy atom. The first-order chi connectivity index (χ1) is 9.31. The van der Waals surface area contributed by atoms with Crippen LogP contribution >= 0.6 is 0 Å². The summed E-state index contributed by atoms with van der Waals surface area (Å²) in [6, 6.07) is 0. The highest BCUT2D eigenvalue weighted by Gasteiger charge is 2.12. The molecule has 2 amide bonds. The molecule has 7 nitrogen and oxygen atoms in total. The van der Waals surface area contributed by atoms with Crippen molar-refractivity contribution in [2.24, 2.45) is 5.92 Å². The smallest absolute Gasteiger partial charge is 0.304 e. The lowest BCUT2D eigenvalue weighted by atomic mass is 10.2. The van der Waals surface area contributed by atoms with Crippen molar-refractivity contribution in [3.8, 4) is 0 Å². The second-order valence-corrected chi connectivity index (χ2v) is 5.10. The van der Waals surface area contributed by atoms with Crippen LogP contribution in [0.5, 0.6) is 0 Å². The minimum Gasteiger partial charge on any atom is -0.481 e. The Kier molecular flexibility index (Phi) is 9.36. The molecular formula is C13H25N3O4. The molecule has 7 heteroatoms. The lowest BCUT2D eigenvalue weighted by molar-refractivity contribution is -0.137. The van der Waals surface area contributed by atoms with Crippen LogP contribution in [0.3, 0.4) is 0 Å². The predicted molar refractivity (Wildman–Crippen MR) is 75.2 cm³/mol. The Labute approximate surface area is 119 Å². The Morgan fingerprint density at radius 1 is 1.15 bits per heavy atom. The van der Waals surface area contributed by atoms with E-state index in [2.05, 4.69) is 10.6 Å². The van der Waals surface area contributed by atoms with E-state index < -0.39 is 5.97 Å². The number of amides is 2. The molecule has 0 aromatic heterocycles. The zero-order valence-electron chi connectivity index (χ0n) is 12.4. The van der Waals surface area contributed by atoms with Gasteiger partial charge in [-0.3, -0.25) is 19.3 Å². The maximum Gasteiger partial charge on any atom is 0.304 e. The fourth-order valence-electron chi connectivity index (χ4n) is 1.49. The summed E-state index contributed by atoms with van der Waals surface area (Å²) in [6.07, 6.45) is -0.0302. The first-order valence-electron chi connectivity index (χ1n) is 6.76. The number of hydrogen-bond donors (Lipinski definition) is 3. The van der Waals surface area contributed by atoms with Gasteiger partial charge < -0.3 is 15.7 Å². The van der Waals surface area contributed by atoms with Gasteiger partial charge in [-0.25, -0.2) is 0 Å². The molecular weight excluding hydrogens is 262 g/mol. The fraction of sp³-hybridized carbons (Fsp3) is 0.769. The highest BCUT2D eigenvalue weighted by molar-refractivity contribution is 5.78. The molecule has 0 radical (unpaired) electrons. The van der Waals surface area contributed by atoms with Crippen LogP contribution in [-0.4, -0.2) is 60.5 Å². The summed E-state index contributed by atoms with van der Waals surface area (Å²) in [5.41, 5.74) is 0. The highest BCUT2D eigenvalue weighted by atomic mass is 16.4. The maximum absolute atomic E-state index is 11.7. The van der Waals surface area contributed by atoms with Crippen molar-refractivity contribution in [1.29, 1.82) is 0 Å². The largest absolute Gasteiger partial charge is 0.481 e. The van der Waals surface area contributed by atoms with E-state index in [4.69, 9.17) is 5.11 Å². The molecule has 0 fully saturated rings. The lowest BCUT2D eigenvalue weighted by Gasteiger charge is -2.21. The van der Waals surface area contributed by atoms with E-state index in [1.807, 2.05) is 13.8 Å². The number of rotatable bonds is 10. The lowest BCUT2D eigenvalue weighted by Crippen LogP contribution is -2.42. The third-order valence-corrected chi connectivity index (χ3v) is 2.52. The summed E-state index contributed by atoms with van der Waals surface area (Å²) in [5, 5.41) is 14.1. The van der Waals surface area contributed by atoms with Gasteiger partial charge in [-0.1, -0.05) is 13.8 Å². The molecule has 20 heavy (non-hydrogen) atoms. The van der Waals surface area contributed by atoms with Crippen LogP contribution in [0.25, 0.3) is 0 Å². The second kappa shape index (κ2) is 10.2. The average molecular weight is 287 g/mol. The van der Waals surface area contributed by atoms with Crippen molar-refractivity contribution in [3.05, 3.63) is 0 Å². The Morgan fingerprint density at radius 3 is 2.30 bits per heavy atom. The summed E-state index contributed by atoms with van der Waals surface area (Å²) in [6.45, 7) is 7.27. The van der Waals surface area contributed by atoms with Crippen LogP contribution in [0.1, 0.15) is 27.2 Å². The summed E-state index contributed by atoms with van der Waals surface area (Å²) < 4.78 is 0. The molecule has 0 heterocycles. The summed E-state index contributed by atoms with van der Waals surface area (Å²) in [4.78, 5) is 34.8. The van der Waals surface area contributed by atoms with Gasteiger partial charge in [0.15, 0.2) is 0 Å². The molecule has 116 valence electrons. The van der Waals surface area contributed by atoms with E-state index in [1.54, 1.807) is 4.90 Å². The summed E-state index contributed by atoms with van der Waals surface area (Å²) >= 11 is 0. The van der Waals surface area contributed by atoms with Crippen molar-refractivity contribution in [2.45, 2.75) is 27.2 Å². The normalized spacial score (nSPS) is 10.7. The van der Waals surface area contributed by atoms with E-state index in [-0.39, 0.29) is 31.3 Å². The second-order valence-electron chi connectivity index (χ2n) is 5.10. The van der Waals surface area contributed by atoms with Crippen LogP contribution in [0.2, 0.25) is 0 Å². The van der Waals surface area contributed by atoms with Crippen LogP contribution in [0, 0.1) is 5.92 Å². The zero-order valence-corrected chi connectivity index (χ0v) is 12.4. The minimum absolute atomic E-state index is 0.0302. The number of nitrogens with zero attached hydrogens (tertiary/aromatic N) is 1. The first-order valence-corrected chi connectivity index (χ1v) is 6.76. The number of carbonyl (C=O) groups excluding carboxylic acids is 2. The topological polar surface area (TPSA) is 98.7 Å². The Balaban J connectivity index is 4.17. The van der Waals surface area contributed by atoms with E-state index in [9.17, 15) is 14.4 Å². The SMILES string of the molecule is CC(=O)NCCN(CCC(=O)O)CC(=O)NCC(C)C. The van der Waals surface area contributed by atoms with E-state index in [0.29, 0.717) is 25.6 Å². The molecule has 0 bridgehead atoms. The molecule has 0 aliphatic carbocycles. The fourth-order valence-corrected chi connectivity index (χ4v) is 1.49. The van der Waals surface area contributed by atoms with Crippen LogP contribution < -0.4 is 10.6 Å². The number of carboxylic acids is 1. The van der Waals surface area contributed by atoms with Crippen LogP contribution in [0.15, 0.2) is 0 Å². The molecule has 0 rings (SSSR count). The molecule has 0 aromatic rings. The van der Waals surface area contributed by atoms with Gasteiger partial charge in [0.1, 0.15) is 0 Å². The molecule has 0 aliphatic rings. The monoisotopic (exact) mass is 287 g/mol. The molecule has 0 aliphatic heterocycles. The standard InChI is InChI=1S/C13H25N3O4/c1-10(2)8-15-12(18)9-16(6-4-13(19)20)7-5-14-11(3)17/h10H,4-9H2,1-3H3,(H,14,17)(H,15,18)(H,19,20). The number of carbonyl (C=O) groups is 3. The molecule has 0 unspecified atom stereocenters. The number of aliphatic carboxylic acids is 1. The average Bonchev–Trinajstić information content (AvgIpc) is 2.32. The Hall–Kier alpha value is -1.63. The molecule has 0 saturated heterocycles. The summed E-state index contributed by atoms with van der Waals surface area (Å²) in [7, 11) is 0. The van der Waals surface area contributed by atoms with Gasteiger partial charge in [0.25, 0.3) is 0 Å². The molecule has 0 atom stereocenters. The number of hydrogen-bond acceptors (Lipinski definition) is 4. The van der Waals surface area contributed by atoms with Crippen molar-refractivity contribution >= 4 is 17.8 Å². The highest BCUT2D eigenvalue weighted by Crippen LogP contribution is 1.93. The molecule has 0 aromatic carbocycles. The van der Waals surface area contributed by atoms with Gasteiger partial charge in [-0.2, -0.15) is 0 Å². The first kappa shape index (κ1) is 18.4. The van der Waals surface area contributed by atoms with Gasteiger partial charge in [-0.15, -0.1) is 0 Å². The molecule has 0 spiro atoms. The number of carboxylic acid groups (broad SMARTS) is 1. The van der Waals surface area contributed by atoms with Gasteiger partial charge in [0.2, 0.25) is 11.8 Å². The van der Waals surface area contributed by atoms with Crippen LogP contribution in [0.4, 0.5) is 0 Å². The molecule has 3 N–H and O–H groups in total. The van der Waals surface area contributed by atoms with E-state index in [1.165, 1.54) is 6.92 Å². The quantitative estimate of drug-likeness (QED) is 0.511. The number of nitrogens with one attached hydrogen (secondary N) is 2. The maximum atomic E-state index is 11.7. The predicted octanol–water partition coefficient (Wildman–Crippen LogP) is -0.329. The third-order valence-electron chi connectivity index (χ3n) is 2.52. The molecule has 0 saturated carbocycles. The van der Waals surface area contributed by atoms with Crippen molar-refractivity contribution in [3.63, 3.8) is 0 Å². The van der Waals surface area contributed by atoms with E-state index >= 15 is 0 Å². The summed E-state index contributed by atoms with van der Waals surface area (Å²) in [5.74, 6) is -0.817. The van der Waals surface area contributed by atoms with Gasteiger partial charge in [-0.05, 0) is 5.92 Å². The van der Waals surface area contributed by atoms with Crippen LogP contribution in [-0.2, 0) is 14.4 Å². The third kappa shape index (κ3) is 11.5. The minimum atomic E-state index is -0.905. The van der Waals surface area contributed by atoms with Crippen molar-refractivity contribution in [2.75, 3.05) is 32.7 Å². The van der Waals surface area contributed by atoms with Crippen molar-refractivity contribution in [1.82, 2.24) is 15.5 Å². The Bertz CT molecular complexity index is 332. The van der Waals surface area contributed by atoms with E-state index in [0.717, 1.165) is 0 Å². The van der Waals surface area contributed by atoms with Gasteiger partial charge >= 0.3 is 5.97 Å². The van der Waals surface area contributed by atoms with Crippen molar-refractivity contribution < 1.29 is 19.5 Å². The zero-order chi connectivity index (χ0) is 15.5. The van der Waals surface area contributed by atoms with Gasteiger partial charge in [0, 0.05) is 33.1 Å². The van der Waals surface area contributed by atoms with Gasteiger partial charge in [0.05, 0.1) is 13.0 Å².